The van der Waals surface area contributed by atoms with Crippen LogP contribution in [0, 0.1) is 20.8 Å². The first-order valence-electron chi connectivity index (χ1n) is 10.8. The van der Waals surface area contributed by atoms with Crippen molar-refractivity contribution in [1.29, 1.82) is 0 Å². The van der Waals surface area contributed by atoms with Gasteiger partial charge in [-0.1, -0.05) is 66.7 Å². The van der Waals surface area contributed by atoms with Gasteiger partial charge in [-0.25, -0.2) is 0 Å². The third-order valence-electron chi connectivity index (χ3n) is 6.27. The Morgan fingerprint density at radius 1 is 0.700 bits per heavy atom. The largest absolute Gasteiger partial charge is 0.336 e. The zero-order valence-corrected chi connectivity index (χ0v) is 18.1. The van der Waals surface area contributed by atoms with Crippen molar-refractivity contribution in [2.75, 3.05) is 26.2 Å². The van der Waals surface area contributed by atoms with Crippen LogP contribution >= 0.6 is 0 Å². The van der Waals surface area contributed by atoms with Crippen LogP contribution < -0.4 is 0 Å². The molecule has 0 aromatic heterocycles. The minimum atomic E-state index is 0.159. The highest BCUT2D eigenvalue weighted by molar-refractivity contribution is 5.96. The first-order valence-corrected chi connectivity index (χ1v) is 10.8. The van der Waals surface area contributed by atoms with Crippen LogP contribution in [0.3, 0.4) is 0 Å². The Morgan fingerprint density at radius 3 is 1.73 bits per heavy atom. The van der Waals surface area contributed by atoms with Crippen LogP contribution in [0.25, 0.3) is 0 Å². The predicted octanol–water partition coefficient (Wildman–Crippen LogP) is 5.16. The van der Waals surface area contributed by atoms with Gasteiger partial charge in [0.1, 0.15) is 0 Å². The fourth-order valence-electron chi connectivity index (χ4n) is 4.43. The summed E-state index contributed by atoms with van der Waals surface area (Å²) in [5, 5.41) is 0. The van der Waals surface area contributed by atoms with Crippen LogP contribution in [-0.4, -0.2) is 41.9 Å². The summed E-state index contributed by atoms with van der Waals surface area (Å²) < 4.78 is 0. The van der Waals surface area contributed by atoms with Crippen molar-refractivity contribution in [1.82, 2.24) is 9.80 Å². The average Bonchev–Trinajstić information content (AvgIpc) is 2.78. The molecule has 3 aromatic rings. The molecule has 1 fully saturated rings. The first kappa shape index (κ1) is 20.4. The Morgan fingerprint density at radius 2 is 1.20 bits per heavy atom. The number of carbonyl (C=O) groups excluding carboxylic acids is 1. The van der Waals surface area contributed by atoms with E-state index >= 15 is 0 Å². The average molecular weight is 399 g/mol. The van der Waals surface area contributed by atoms with Gasteiger partial charge in [-0.2, -0.15) is 0 Å². The van der Waals surface area contributed by atoms with Crippen LogP contribution in [0.1, 0.15) is 44.2 Å². The zero-order valence-electron chi connectivity index (χ0n) is 18.1. The maximum atomic E-state index is 13.2. The topological polar surface area (TPSA) is 23.6 Å². The monoisotopic (exact) mass is 398 g/mol. The molecule has 3 aromatic carbocycles. The van der Waals surface area contributed by atoms with Crippen molar-refractivity contribution < 1.29 is 4.79 Å². The van der Waals surface area contributed by atoms with Gasteiger partial charge in [0.15, 0.2) is 0 Å². The van der Waals surface area contributed by atoms with E-state index in [4.69, 9.17) is 0 Å². The number of nitrogens with zero attached hydrogens (tertiary/aromatic N) is 2. The van der Waals surface area contributed by atoms with Gasteiger partial charge in [0, 0.05) is 31.7 Å². The molecule has 1 aliphatic rings. The molecule has 30 heavy (non-hydrogen) atoms. The van der Waals surface area contributed by atoms with Crippen molar-refractivity contribution in [3.05, 3.63) is 106 Å². The maximum Gasteiger partial charge on any atom is 0.254 e. The summed E-state index contributed by atoms with van der Waals surface area (Å²) in [5.41, 5.74) is 6.92. The second-order valence-electron chi connectivity index (χ2n) is 8.30. The highest BCUT2D eigenvalue weighted by atomic mass is 16.2. The first-order chi connectivity index (χ1) is 14.5. The molecule has 0 N–H and O–H groups in total. The van der Waals surface area contributed by atoms with E-state index in [1.807, 2.05) is 11.8 Å². The Balaban J connectivity index is 1.53. The van der Waals surface area contributed by atoms with Crippen molar-refractivity contribution in [3.63, 3.8) is 0 Å². The van der Waals surface area contributed by atoms with Crippen LogP contribution in [0.2, 0.25) is 0 Å². The second-order valence-corrected chi connectivity index (χ2v) is 8.30. The smallest absolute Gasteiger partial charge is 0.254 e. The molecule has 0 radical (unpaired) electrons. The Labute approximate surface area is 180 Å². The summed E-state index contributed by atoms with van der Waals surface area (Å²) in [7, 11) is 0. The lowest BCUT2D eigenvalue weighted by Gasteiger charge is -2.40. The van der Waals surface area contributed by atoms with Gasteiger partial charge in [-0.15, -0.1) is 0 Å². The number of aryl methyl sites for hydroxylation is 3. The van der Waals surface area contributed by atoms with E-state index in [9.17, 15) is 4.79 Å². The van der Waals surface area contributed by atoms with E-state index < -0.39 is 0 Å². The quantitative estimate of drug-likeness (QED) is 0.606. The van der Waals surface area contributed by atoms with E-state index in [-0.39, 0.29) is 11.9 Å². The molecule has 0 saturated carbocycles. The normalized spacial score (nSPS) is 14.9. The van der Waals surface area contributed by atoms with E-state index in [0.29, 0.717) is 0 Å². The standard InChI is InChI=1S/C27H30N2O/c1-20-18-22(3)25(19-21(20)2)27(30)29-16-14-28(15-17-29)26(23-10-6-4-7-11-23)24-12-8-5-9-13-24/h4-13,18-19,26H,14-17H2,1-3H3. The molecule has 4 rings (SSSR count). The number of hydrogen-bond donors (Lipinski definition) is 0. The summed E-state index contributed by atoms with van der Waals surface area (Å²) in [6.07, 6.45) is 0. The minimum absolute atomic E-state index is 0.159. The molecule has 3 heteroatoms. The Bertz CT molecular complexity index is 966. The molecule has 154 valence electrons. The van der Waals surface area contributed by atoms with E-state index in [1.54, 1.807) is 0 Å². The number of amides is 1. The minimum Gasteiger partial charge on any atom is -0.336 e. The highest BCUT2D eigenvalue weighted by Gasteiger charge is 2.29. The van der Waals surface area contributed by atoms with Gasteiger partial charge >= 0.3 is 0 Å². The molecule has 0 bridgehead atoms. The predicted molar refractivity (Wildman–Crippen MR) is 123 cm³/mol. The summed E-state index contributed by atoms with van der Waals surface area (Å²) in [5.74, 6) is 0.159. The van der Waals surface area contributed by atoms with Crippen molar-refractivity contribution in [2.45, 2.75) is 26.8 Å². The maximum absolute atomic E-state index is 13.2. The van der Waals surface area contributed by atoms with Crippen molar-refractivity contribution in [3.8, 4) is 0 Å². The lowest BCUT2D eigenvalue weighted by Crippen LogP contribution is -2.50. The summed E-state index contributed by atoms with van der Waals surface area (Å²) >= 11 is 0. The number of rotatable bonds is 4. The van der Waals surface area contributed by atoms with E-state index in [0.717, 1.165) is 37.3 Å². The lowest BCUT2D eigenvalue weighted by molar-refractivity contribution is 0.0596. The number of hydrogen-bond acceptors (Lipinski definition) is 2. The van der Waals surface area contributed by atoms with Crippen molar-refractivity contribution in [2.24, 2.45) is 0 Å². The van der Waals surface area contributed by atoms with Gasteiger partial charge in [0.2, 0.25) is 0 Å². The van der Waals surface area contributed by atoms with Crippen LogP contribution in [0.4, 0.5) is 0 Å². The molecule has 1 heterocycles. The lowest BCUT2D eigenvalue weighted by atomic mass is 9.96. The van der Waals surface area contributed by atoms with Gasteiger partial charge in [-0.3, -0.25) is 9.69 Å². The number of carbonyl (C=O) groups is 1. The van der Waals surface area contributed by atoms with Gasteiger partial charge in [-0.05, 0) is 54.7 Å². The SMILES string of the molecule is Cc1cc(C)c(C(=O)N2CCN(C(c3ccccc3)c3ccccc3)CC2)cc1C. The molecule has 1 amide bonds. The van der Waals surface area contributed by atoms with Gasteiger partial charge in [0.25, 0.3) is 5.91 Å². The third-order valence-corrected chi connectivity index (χ3v) is 6.27. The number of benzene rings is 3. The molecular weight excluding hydrogens is 368 g/mol. The molecule has 1 aliphatic heterocycles. The highest BCUT2D eigenvalue weighted by Crippen LogP contribution is 2.30. The molecule has 1 saturated heterocycles. The second kappa shape index (κ2) is 8.85. The van der Waals surface area contributed by atoms with Gasteiger partial charge < -0.3 is 4.90 Å². The zero-order chi connectivity index (χ0) is 21.1. The van der Waals surface area contributed by atoms with Crippen LogP contribution in [0.5, 0.6) is 0 Å². The Hall–Kier alpha value is -2.91. The number of piperazine rings is 1. The fourth-order valence-corrected chi connectivity index (χ4v) is 4.43. The van der Waals surface area contributed by atoms with Gasteiger partial charge in [0.05, 0.1) is 6.04 Å². The molecule has 0 unspecified atom stereocenters. The van der Waals surface area contributed by atoms with Crippen molar-refractivity contribution >= 4 is 5.91 Å². The summed E-state index contributed by atoms with van der Waals surface area (Å²) in [4.78, 5) is 17.7. The molecular formula is C27H30N2O. The summed E-state index contributed by atoms with van der Waals surface area (Å²) in [6, 6.07) is 25.7. The molecule has 0 atom stereocenters. The van der Waals surface area contributed by atoms with Crippen LogP contribution in [0.15, 0.2) is 72.8 Å². The van der Waals surface area contributed by atoms with Crippen LogP contribution in [-0.2, 0) is 0 Å². The van der Waals surface area contributed by atoms with E-state index in [2.05, 4.69) is 91.5 Å². The summed E-state index contributed by atoms with van der Waals surface area (Å²) in [6.45, 7) is 9.45. The Kier molecular flexibility index (Phi) is 6.01. The third kappa shape index (κ3) is 4.17. The molecule has 0 spiro atoms. The van der Waals surface area contributed by atoms with E-state index in [1.165, 1.54) is 22.3 Å². The fraction of sp³-hybridized carbons (Fsp3) is 0.296. The molecule has 3 nitrogen and oxygen atoms in total. The molecule has 0 aliphatic carbocycles.